The van der Waals surface area contributed by atoms with Gasteiger partial charge in [0.15, 0.2) is 0 Å². The lowest BCUT2D eigenvalue weighted by Crippen LogP contribution is -2.34. The van der Waals surface area contributed by atoms with Gasteiger partial charge < -0.3 is 5.11 Å². The Labute approximate surface area is 75.5 Å². The van der Waals surface area contributed by atoms with Crippen molar-refractivity contribution >= 4 is 0 Å². The quantitative estimate of drug-likeness (QED) is 0.597. The van der Waals surface area contributed by atoms with Crippen LogP contribution in [0.5, 0.6) is 0 Å². The summed E-state index contributed by atoms with van der Waals surface area (Å²) >= 11 is 0. The third kappa shape index (κ3) is 1.89. The van der Waals surface area contributed by atoms with Crippen LogP contribution in [-0.2, 0) is 0 Å². The van der Waals surface area contributed by atoms with Crippen molar-refractivity contribution in [1.29, 1.82) is 0 Å². The summed E-state index contributed by atoms with van der Waals surface area (Å²) in [7, 11) is 0. The molecule has 1 N–H and O–H groups in total. The molecule has 0 radical (unpaired) electrons. The van der Waals surface area contributed by atoms with Crippen molar-refractivity contribution in [3.63, 3.8) is 0 Å². The van der Waals surface area contributed by atoms with E-state index in [0.29, 0.717) is 17.8 Å². The van der Waals surface area contributed by atoms with Gasteiger partial charge in [0, 0.05) is 0 Å². The van der Waals surface area contributed by atoms with E-state index in [2.05, 4.69) is 27.4 Å². The summed E-state index contributed by atoms with van der Waals surface area (Å²) < 4.78 is 0. The van der Waals surface area contributed by atoms with Gasteiger partial charge in [-0.15, -0.1) is 0 Å². The van der Waals surface area contributed by atoms with Gasteiger partial charge in [-0.25, -0.2) is 0 Å². The molecule has 12 heavy (non-hydrogen) atoms. The molecule has 1 heteroatoms. The third-order valence-corrected chi connectivity index (χ3v) is 3.17. The van der Waals surface area contributed by atoms with Gasteiger partial charge in [0.05, 0.1) is 6.10 Å². The zero-order valence-electron chi connectivity index (χ0n) is 8.38. The number of hydrogen-bond acceptors (Lipinski definition) is 1. The molecule has 1 aliphatic rings. The first-order valence-corrected chi connectivity index (χ1v) is 4.85. The predicted molar refractivity (Wildman–Crippen MR) is 51.9 cm³/mol. The first-order chi connectivity index (χ1) is 5.52. The van der Waals surface area contributed by atoms with E-state index in [4.69, 9.17) is 0 Å². The fourth-order valence-corrected chi connectivity index (χ4v) is 2.29. The SMILES string of the molecule is C=C(C)C1CC(C)CC(O)C1C. The van der Waals surface area contributed by atoms with Gasteiger partial charge in [-0.2, -0.15) is 0 Å². The Balaban J connectivity index is 2.66. The molecule has 4 atom stereocenters. The van der Waals surface area contributed by atoms with Gasteiger partial charge >= 0.3 is 0 Å². The second kappa shape index (κ2) is 3.61. The zero-order chi connectivity index (χ0) is 9.30. The van der Waals surface area contributed by atoms with Crippen LogP contribution in [0.3, 0.4) is 0 Å². The fourth-order valence-electron chi connectivity index (χ4n) is 2.29. The minimum absolute atomic E-state index is 0.115. The number of aliphatic hydroxyl groups is 1. The van der Waals surface area contributed by atoms with Crippen molar-refractivity contribution in [1.82, 2.24) is 0 Å². The van der Waals surface area contributed by atoms with Gasteiger partial charge in [-0.3, -0.25) is 0 Å². The smallest absolute Gasteiger partial charge is 0.0574 e. The van der Waals surface area contributed by atoms with Crippen molar-refractivity contribution in [2.24, 2.45) is 17.8 Å². The van der Waals surface area contributed by atoms with Crippen molar-refractivity contribution < 1.29 is 5.11 Å². The van der Waals surface area contributed by atoms with Crippen LogP contribution in [0, 0.1) is 17.8 Å². The highest BCUT2D eigenvalue weighted by Gasteiger charge is 2.32. The second-order valence-electron chi connectivity index (χ2n) is 4.46. The molecule has 4 unspecified atom stereocenters. The highest BCUT2D eigenvalue weighted by molar-refractivity contribution is 5.02. The van der Waals surface area contributed by atoms with Crippen LogP contribution < -0.4 is 0 Å². The Morgan fingerprint density at radius 2 is 1.92 bits per heavy atom. The molecule has 70 valence electrons. The van der Waals surface area contributed by atoms with Gasteiger partial charge in [-0.1, -0.05) is 26.0 Å². The first kappa shape index (κ1) is 9.79. The molecule has 1 saturated carbocycles. The third-order valence-electron chi connectivity index (χ3n) is 3.17. The topological polar surface area (TPSA) is 20.2 Å². The molecule has 0 bridgehead atoms. The van der Waals surface area contributed by atoms with E-state index >= 15 is 0 Å². The summed E-state index contributed by atoms with van der Waals surface area (Å²) in [4.78, 5) is 0. The minimum atomic E-state index is -0.115. The highest BCUT2D eigenvalue weighted by atomic mass is 16.3. The van der Waals surface area contributed by atoms with Crippen LogP contribution >= 0.6 is 0 Å². The van der Waals surface area contributed by atoms with Crippen molar-refractivity contribution in [3.05, 3.63) is 12.2 Å². The average Bonchev–Trinajstić information content (AvgIpc) is 1.96. The Hall–Kier alpha value is -0.300. The fraction of sp³-hybridized carbons (Fsp3) is 0.818. The van der Waals surface area contributed by atoms with Gasteiger partial charge in [0.25, 0.3) is 0 Å². The van der Waals surface area contributed by atoms with E-state index in [1.54, 1.807) is 0 Å². The second-order valence-corrected chi connectivity index (χ2v) is 4.46. The molecule has 0 aromatic heterocycles. The van der Waals surface area contributed by atoms with E-state index < -0.39 is 0 Å². The van der Waals surface area contributed by atoms with E-state index in [0.717, 1.165) is 6.42 Å². The molecule has 0 heterocycles. The van der Waals surface area contributed by atoms with Gasteiger partial charge in [-0.05, 0) is 37.5 Å². The standard InChI is InChI=1S/C11H20O/c1-7(2)10-5-8(3)6-11(12)9(10)4/h8-12H,1,5-6H2,2-4H3. The van der Waals surface area contributed by atoms with E-state index in [1.165, 1.54) is 12.0 Å². The zero-order valence-corrected chi connectivity index (χ0v) is 8.38. The lowest BCUT2D eigenvalue weighted by atomic mass is 9.71. The molecule has 1 rings (SSSR count). The molecule has 1 aliphatic carbocycles. The molecule has 0 amide bonds. The summed E-state index contributed by atoms with van der Waals surface area (Å²) in [5.74, 6) is 1.58. The Bertz CT molecular complexity index is 174. The maximum atomic E-state index is 9.73. The van der Waals surface area contributed by atoms with E-state index in [-0.39, 0.29) is 6.10 Å². The predicted octanol–water partition coefficient (Wildman–Crippen LogP) is 2.61. The highest BCUT2D eigenvalue weighted by Crippen LogP contribution is 2.37. The first-order valence-electron chi connectivity index (χ1n) is 4.85. The summed E-state index contributed by atoms with van der Waals surface area (Å²) in [6.07, 6.45) is 2.05. The monoisotopic (exact) mass is 168 g/mol. The number of aliphatic hydroxyl groups excluding tert-OH is 1. The molecule has 1 fully saturated rings. The van der Waals surface area contributed by atoms with Crippen molar-refractivity contribution in [3.8, 4) is 0 Å². The maximum absolute atomic E-state index is 9.73. The Morgan fingerprint density at radius 3 is 2.42 bits per heavy atom. The average molecular weight is 168 g/mol. The lowest BCUT2D eigenvalue weighted by molar-refractivity contribution is 0.0312. The van der Waals surface area contributed by atoms with Crippen LogP contribution in [0.15, 0.2) is 12.2 Å². The van der Waals surface area contributed by atoms with Crippen molar-refractivity contribution in [2.75, 3.05) is 0 Å². The molecule has 0 spiro atoms. The maximum Gasteiger partial charge on any atom is 0.0574 e. The van der Waals surface area contributed by atoms with E-state index in [1.807, 2.05) is 0 Å². The summed E-state index contributed by atoms with van der Waals surface area (Å²) in [5, 5.41) is 9.73. The minimum Gasteiger partial charge on any atom is -0.393 e. The lowest BCUT2D eigenvalue weighted by Gasteiger charge is -2.37. The van der Waals surface area contributed by atoms with Gasteiger partial charge in [0.2, 0.25) is 0 Å². The normalized spacial score (nSPS) is 42.7. The molecule has 0 aliphatic heterocycles. The van der Waals surface area contributed by atoms with Crippen LogP contribution in [0.4, 0.5) is 0 Å². The summed E-state index contributed by atoms with van der Waals surface area (Å²) in [5.41, 5.74) is 1.23. The molecule has 0 aromatic carbocycles. The van der Waals surface area contributed by atoms with E-state index in [9.17, 15) is 5.11 Å². The molecule has 0 saturated heterocycles. The van der Waals surface area contributed by atoms with Gasteiger partial charge in [0.1, 0.15) is 0 Å². The summed E-state index contributed by atoms with van der Waals surface area (Å²) in [6, 6.07) is 0. The molecule has 0 aromatic rings. The summed E-state index contributed by atoms with van der Waals surface area (Å²) in [6.45, 7) is 10.4. The van der Waals surface area contributed by atoms with Crippen LogP contribution in [0.2, 0.25) is 0 Å². The largest absolute Gasteiger partial charge is 0.393 e. The molecular formula is C11H20O. The number of hydrogen-bond donors (Lipinski definition) is 1. The molecule has 1 nitrogen and oxygen atoms in total. The Morgan fingerprint density at radius 1 is 1.33 bits per heavy atom. The molecular weight excluding hydrogens is 148 g/mol. The number of allylic oxidation sites excluding steroid dienone is 1. The Kier molecular flexibility index (Phi) is 2.94. The van der Waals surface area contributed by atoms with Crippen LogP contribution in [0.1, 0.15) is 33.6 Å². The van der Waals surface area contributed by atoms with Crippen LogP contribution in [-0.4, -0.2) is 11.2 Å². The van der Waals surface area contributed by atoms with Crippen LogP contribution in [0.25, 0.3) is 0 Å². The number of rotatable bonds is 1. The van der Waals surface area contributed by atoms with Crippen molar-refractivity contribution in [2.45, 2.75) is 39.7 Å².